The summed E-state index contributed by atoms with van der Waals surface area (Å²) in [4.78, 5) is 19.6. The molecule has 2 N–H and O–H groups in total. The fourth-order valence-corrected chi connectivity index (χ4v) is 3.56. The summed E-state index contributed by atoms with van der Waals surface area (Å²) in [6.45, 7) is 8.35. The third-order valence-electron chi connectivity index (χ3n) is 5.17. The van der Waals surface area contributed by atoms with Crippen molar-refractivity contribution in [2.24, 2.45) is 0 Å². The first-order valence-electron chi connectivity index (χ1n) is 10.2. The molecule has 3 aromatic rings. The highest BCUT2D eigenvalue weighted by molar-refractivity contribution is 6.04. The van der Waals surface area contributed by atoms with Crippen LogP contribution in [0.4, 0.5) is 11.6 Å². The first-order valence-corrected chi connectivity index (χ1v) is 10.2. The largest absolute Gasteiger partial charge is 0.386 e. The fraction of sp³-hybridized carbons (Fsp3) is 0.409. The van der Waals surface area contributed by atoms with Crippen LogP contribution in [0.25, 0.3) is 5.65 Å². The number of nitrogens with one attached hydrogen (secondary N) is 1. The summed E-state index contributed by atoms with van der Waals surface area (Å²) < 4.78 is 7.39. The van der Waals surface area contributed by atoms with Crippen LogP contribution in [0.3, 0.4) is 0 Å². The van der Waals surface area contributed by atoms with Crippen molar-refractivity contribution in [3.05, 3.63) is 53.2 Å². The molecule has 0 spiro atoms. The molecule has 4 rings (SSSR count). The van der Waals surface area contributed by atoms with Gasteiger partial charge in [-0.15, -0.1) is 0 Å². The van der Waals surface area contributed by atoms with Crippen LogP contribution in [0.1, 0.15) is 41.9 Å². The van der Waals surface area contributed by atoms with Crippen LogP contribution in [-0.2, 0) is 10.3 Å². The number of benzene rings is 1. The molecule has 1 aliphatic heterocycles. The van der Waals surface area contributed by atoms with Crippen LogP contribution in [-0.4, -0.2) is 51.9 Å². The number of hydrogen-bond acceptors (Lipinski definition) is 6. The molecule has 1 aromatic carbocycles. The lowest BCUT2D eigenvalue weighted by Gasteiger charge is -2.23. The van der Waals surface area contributed by atoms with Gasteiger partial charge in [-0.2, -0.15) is 9.61 Å². The summed E-state index contributed by atoms with van der Waals surface area (Å²) in [5.74, 6) is 1.10. The van der Waals surface area contributed by atoms with Gasteiger partial charge in [0.25, 0.3) is 5.91 Å². The monoisotopic (exact) mass is 409 g/mol. The third-order valence-corrected chi connectivity index (χ3v) is 5.17. The van der Waals surface area contributed by atoms with Crippen molar-refractivity contribution in [2.45, 2.75) is 32.8 Å². The number of aromatic nitrogens is 3. The highest BCUT2D eigenvalue weighted by atomic mass is 16.5. The molecule has 2 aromatic heterocycles. The number of carbonyl (C=O) groups excluding carboxylic acids is 1. The summed E-state index contributed by atoms with van der Waals surface area (Å²) in [5.41, 5.74) is 1.84. The Bertz CT molecular complexity index is 1050. The Morgan fingerprint density at radius 1 is 1.17 bits per heavy atom. The van der Waals surface area contributed by atoms with E-state index in [4.69, 9.17) is 4.74 Å². The second-order valence-corrected chi connectivity index (χ2v) is 8.10. The summed E-state index contributed by atoms with van der Waals surface area (Å²) in [6.07, 6.45) is 0.930. The van der Waals surface area contributed by atoms with E-state index < -0.39 is 5.60 Å². The van der Waals surface area contributed by atoms with Crippen LogP contribution in [0.15, 0.2) is 36.4 Å². The van der Waals surface area contributed by atoms with Gasteiger partial charge in [0, 0.05) is 37.4 Å². The van der Waals surface area contributed by atoms with Gasteiger partial charge < -0.3 is 20.1 Å². The number of fused-ring (bicyclic) bond motifs is 1. The molecule has 158 valence electrons. The second-order valence-electron chi connectivity index (χ2n) is 8.10. The number of amides is 1. The average Bonchev–Trinajstić information content (AvgIpc) is 2.90. The minimum Gasteiger partial charge on any atom is -0.386 e. The zero-order valence-electron chi connectivity index (χ0n) is 17.6. The molecule has 3 heterocycles. The van der Waals surface area contributed by atoms with Gasteiger partial charge in [-0.1, -0.05) is 12.1 Å². The Morgan fingerprint density at radius 2 is 1.93 bits per heavy atom. The normalized spacial score (nSPS) is 15.3. The Balaban J connectivity index is 1.63. The van der Waals surface area contributed by atoms with Gasteiger partial charge in [-0.25, -0.2) is 4.98 Å². The Morgan fingerprint density at radius 3 is 2.67 bits per heavy atom. The molecular formula is C22H27N5O3. The van der Waals surface area contributed by atoms with Gasteiger partial charge in [0.2, 0.25) is 0 Å². The molecule has 0 bridgehead atoms. The van der Waals surface area contributed by atoms with Crippen LogP contribution in [0.2, 0.25) is 0 Å². The quantitative estimate of drug-likeness (QED) is 0.688. The van der Waals surface area contributed by atoms with Crippen molar-refractivity contribution >= 4 is 23.2 Å². The molecule has 1 amide bonds. The highest BCUT2D eigenvalue weighted by Crippen LogP contribution is 2.23. The van der Waals surface area contributed by atoms with E-state index >= 15 is 0 Å². The number of carbonyl (C=O) groups is 1. The van der Waals surface area contributed by atoms with E-state index in [0.717, 1.165) is 43.2 Å². The van der Waals surface area contributed by atoms with Crippen molar-refractivity contribution in [2.75, 3.05) is 36.5 Å². The molecule has 0 radical (unpaired) electrons. The predicted molar refractivity (Wildman–Crippen MR) is 115 cm³/mol. The van der Waals surface area contributed by atoms with Crippen molar-refractivity contribution in [3.8, 4) is 0 Å². The molecule has 1 fully saturated rings. The van der Waals surface area contributed by atoms with Gasteiger partial charge in [-0.05, 0) is 44.9 Å². The lowest BCUT2D eigenvalue weighted by molar-refractivity contribution is 0.0785. The Labute approximate surface area is 175 Å². The number of nitrogens with zero attached hydrogens (tertiary/aromatic N) is 4. The maximum absolute atomic E-state index is 12.8. The smallest absolute Gasteiger partial charge is 0.256 e. The van der Waals surface area contributed by atoms with Gasteiger partial charge in [0.1, 0.15) is 11.6 Å². The van der Waals surface area contributed by atoms with Crippen molar-refractivity contribution in [1.82, 2.24) is 14.6 Å². The molecule has 1 saturated heterocycles. The lowest BCUT2D eigenvalue weighted by atomic mass is 9.97. The van der Waals surface area contributed by atoms with E-state index in [-0.39, 0.29) is 5.91 Å². The molecule has 0 saturated carbocycles. The highest BCUT2D eigenvalue weighted by Gasteiger charge is 2.19. The van der Waals surface area contributed by atoms with Gasteiger partial charge in [0.05, 0.1) is 17.9 Å². The first-order chi connectivity index (χ1) is 14.3. The molecule has 30 heavy (non-hydrogen) atoms. The van der Waals surface area contributed by atoms with E-state index in [1.54, 1.807) is 38.1 Å². The summed E-state index contributed by atoms with van der Waals surface area (Å²) in [6, 6.07) is 10.7. The molecule has 1 aliphatic rings. The van der Waals surface area contributed by atoms with Gasteiger partial charge >= 0.3 is 0 Å². The molecule has 0 aliphatic carbocycles. The number of aryl methyl sites for hydroxylation is 1. The van der Waals surface area contributed by atoms with Crippen LogP contribution in [0, 0.1) is 6.92 Å². The molecule has 0 atom stereocenters. The number of aliphatic hydroxyl groups is 1. The predicted octanol–water partition coefficient (Wildman–Crippen LogP) is 2.74. The Hall–Kier alpha value is -2.97. The topological polar surface area (TPSA) is 92.0 Å². The zero-order valence-corrected chi connectivity index (χ0v) is 17.6. The SMILES string of the molecule is Cc1cc2nc(NC(=O)c3ccc(C(C)(C)O)cc3)cc(N3CCCOCC3)n2n1. The van der Waals surface area contributed by atoms with Gasteiger partial charge in [0.15, 0.2) is 5.65 Å². The van der Waals surface area contributed by atoms with Crippen LogP contribution >= 0.6 is 0 Å². The lowest BCUT2D eigenvalue weighted by Crippen LogP contribution is -2.28. The maximum atomic E-state index is 12.8. The third kappa shape index (κ3) is 4.29. The zero-order chi connectivity index (χ0) is 21.3. The van der Waals surface area contributed by atoms with Crippen LogP contribution in [0.5, 0.6) is 0 Å². The van der Waals surface area contributed by atoms with Crippen LogP contribution < -0.4 is 10.2 Å². The van der Waals surface area contributed by atoms with Crippen molar-refractivity contribution in [1.29, 1.82) is 0 Å². The van der Waals surface area contributed by atoms with E-state index in [2.05, 4.69) is 20.3 Å². The summed E-state index contributed by atoms with van der Waals surface area (Å²) >= 11 is 0. The maximum Gasteiger partial charge on any atom is 0.256 e. The van der Waals surface area contributed by atoms with E-state index in [0.29, 0.717) is 23.6 Å². The van der Waals surface area contributed by atoms with Gasteiger partial charge in [-0.3, -0.25) is 4.79 Å². The average molecular weight is 409 g/mol. The van der Waals surface area contributed by atoms with E-state index in [1.807, 2.05) is 23.6 Å². The standard InChI is InChI=1S/C22H27N5O3/c1-15-13-19-23-18(14-20(27(19)25-15)26-9-4-11-30-12-10-26)24-21(28)16-5-7-17(8-6-16)22(2,3)29/h5-8,13-14,29H,4,9-12H2,1-3H3,(H,23,24,28). The summed E-state index contributed by atoms with van der Waals surface area (Å²) in [7, 11) is 0. The fourth-order valence-electron chi connectivity index (χ4n) is 3.56. The minimum atomic E-state index is -0.951. The number of rotatable bonds is 4. The molecule has 8 nitrogen and oxygen atoms in total. The molecular weight excluding hydrogens is 382 g/mol. The van der Waals surface area contributed by atoms with Crippen molar-refractivity contribution in [3.63, 3.8) is 0 Å². The Kier molecular flexibility index (Phi) is 5.44. The molecule has 0 unspecified atom stereocenters. The summed E-state index contributed by atoms with van der Waals surface area (Å²) in [5, 5.41) is 17.6. The second kappa shape index (κ2) is 8.04. The first kappa shape index (κ1) is 20.3. The molecule has 8 heteroatoms. The minimum absolute atomic E-state index is 0.254. The number of ether oxygens (including phenoxy) is 1. The number of anilines is 2. The number of hydrogen-bond donors (Lipinski definition) is 2. The van der Waals surface area contributed by atoms with E-state index in [9.17, 15) is 9.90 Å². The van der Waals surface area contributed by atoms with E-state index in [1.165, 1.54) is 0 Å². The van der Waals surface area contributed by atoms with Crippen molar-refractivity contribution < 1.29 is 14.6 Å².